The summed E-state index contributed by atoms with van der Waals surface area (Å²) in [6.45, 7) is 3.17. The summed E-state index contributed by atoms with van der Waals surface area (Å²) < 4.78 is 86.0. The van der Waals surface area contributed by atoms with Gasteiger partial charge in [0, 0.05) is 12.4 Å². The van der Waals surface area contributed by atoms with E-state index in [2.05, 4.69) is 4.98 Å². The van der Waals surface area contributed by atoms with Crippen molar-refractivity contribution < 1.29 is 39.1 Å². The molecule has 0 bridgehead atoms. The predicted molar refractivity (Wildman–Crippen MR) is 73.1 cm³/mol. The van der Waals surface area contributed by atoms with Gasteiger partial charge in [0.15, 0.2) is 0 Å². The van der Waals surface area contributed by atoms with Crippen LogP contribution in [0.1, 0.15) is 20.3 Å². The Bertz CT molecular complexity index is 575. The van der Waals surface area contributed by atoms with Gasteiger partial charge in [0.25, 0.3) is 10.1 Å². The zero-order chi connectivity index (χ0) is 18.0. The Hall–Kier alpha value is -1.24. The third-order valence-electron chi connectivity index (χ3n) is 1.94. The van der Waals surface area contributed by atoms with Gasteiger partial charge in [0.05, 0.1) is 5.25 Å². The van der Waals surface area contributed by atoms with Crippen LogP contribution in [0.2, 0.25) is 0 Å². The van der Waals surface area contributed by atoms with Crippen LogP contribution in [0.25, 0.3) is 0 Å². The van der Waals surface area contributed by atoms with Crippen LogP contribution in [-0.2, 0) is 20.2 Å². The molecule has 0 amide bonds. The van der Waals surface area contributed by atoms with E-state index in [4.69, 9.17) is 17.5 Å². The maximum atomic E-state index is 10.7. The highest BCUT2D eigenvalue weighted by Crippen LogP contribution is 2.20. The van der Waals surface area contributed by atoms with Crippen molar-refractivity contribution in [1.29, 1.82) is 0 Å². The first kappa shape index (κ1) is 23.0. The molecule has 22 heavy (non-hydrogen) atoms. The Labute approximate surface area is 126 Å². The predicted octanol–water partition coefficient (Wildman–Crippen LogP) is 2.15. The molecule has 0 saturated heterocycles. The van der Waals surface area contributed by atoms with Crippen LogP contribution in [0, 0.1) is 0 Å². The second-order valence-corrected chi connectivity index (χ2v) is 6.93. The van der Waals surface area contributed by atoms with Gasteiger partial charge in [-0.1, -0.05) is 13.0 Å². The lowest BCUT2D eigenvalue weighted by atomic mass is 10.4. The number of halogens is 3. The third-order valence-corrected chi connectivity index (χ3v) is 3.88. The summed E-state index contributed by atoms with van der Waals surface area (Å²) in [6.07, 6.45) is 3.96. The number of nitrogens with zero attached hydrogens (tertiary/aromatic N) is 1. The number of hydrogen-bond donors (Lipinski definition) is 2. The molecule has 1 aromatic rings. The van der Waals surface area contributed by atoms with E-state index in [0.29, 0.717) is 6.42 Å². The van der Waals surface area contributed by atoms with Crippen LogP contribution in [0.5, 0.6) is 0 Å². The van der Waals surface area contributed by atoms with Crippen molar-refractivity contribution in [2.75, 3.05) is 0 Å². The van der Waals surface area contributed by atoms with Gasteiger partial charge in [-0.2, -0.15) is 30.0 Å². The highest BCUT2D eigenvalue weighted by atomic mass is 32.2. The summed E-state index contributed by atoms with van der Waals surface area (Å²) in [5, 5.41) is -0.623. The largest absolute Gasteiger partial charge is 0.522 e. The highest BCUT2D eigenvalue weighted by Gasteiger charge is 2.44. The Morgan fingerprint density at radius 3 is 1.45 bits per heavy atom. The molecule has 0 aliphatic carbocycles. The van der Waals surface area contributed by atoms with E-state index in [1.807, 2.05) is 18.2 Å². The lowest BCUT2D eigenvalue weighted by Gasteiger charge is -2.00. The molecule has 1 heterocycles. The summed E-state index contributed by atoms with van der Waals surface area (Å²) in [5.41, 5.74) is -5.53. The van der Waals surface area contributed by atoms with Crippen molar-refractivity contribution in [2.24, 2.45) is 0 Å². The van der Waals surface area contributed by atoms with Crippen LogP contribution < -0.4 is 0 Å². The van der Waals surface area contributed by atoms with Gasteiger partial charge in [-0.15, -0.1) is 0 Å². The van der Waals surface area contributed by atoms with Gasteiger partial charge in [0.1, 0.15) is 0 Å². The smallest absolute Gasteiger partial charge is 0.285 e. The fourth-order valence-corrected chi connectivity index (χ4v) is 0.944. The second-order valence-electron chi connectivity index (χ2n) is 3.68. The summed E-state index contributed by atoms with van der Waals surface area (Å²) in [7, 11) is -9.59. The van der Waals surface area contributed by atoms with E-state index < -0.39 is 31.0 Å². The quantitative estimate of drug-likeness (QED) is 0.606. The minimum atomic E-state index is -5.84. The van der Waals surface area contributed by atoms with Crippen LogP contribution >= 0.6 is 0 Å². The zero-order valence-corrected chi connectivity index (χ0v) is 13.2. The molecule has 1 atom stereocenters. The van der Waals surface area contributed by atoms with E-state index in [1.165, 1.54) is 6.92 Å². The van der Waals surface area contributed by atoms with E-state index >= 15 is 0 Å². The molecular weight excluding hydrogens is 351 g/mol. The fraction of sp³-hybridized carbons (Fsp3) is 0.500. The maximum Gasteiger partial charge on any atom is 0.522 e. The number of pyridine rings is 1. The van der Waals surface area contributed by atoms with Gasteiger partial charge in [-0.05, 0) is 25.5 Å². The molecule has 0 spiro atoms. The van der Waals surface area contributed by atoms with Crippen molar-refractivity contribution in [3.8, 4) is 0 Å². The van der Waals surface area contributed by atoms with E-state index in [1.54, 1.807) is 19.3 Å². The average Bonchev–Trinajstić information content (AvgIpc) is 2.38. The van der Waals surface area contributed by atoms with Crippen LogP contribution in [0.3, 0.4) is 0 Å². The molecule has 130 valence electrons. The zero-order valence-electron chi connectivity index (χ0n) is 11.6. The van der Waals surface area contributed by atoms with Gasteiger partial charge in [-0.3, -0.25) is 14.1 Å². The lowest BCUT2D eigenvalue weighted by Crippen LogP contribution is -2.21. The van der Waals surface area contributed by atoms with Crippen LogP contribution in [0.15, 0.2) is 30.6 Å². The average molecular weight is 367 g/mol. The molecule has 1 rings (SSSR count). The van der Waals surface area contributed by atoms with Crippen molar-refractivity contribution in [2.45, 2.75) is 31.0 Å². The highest BCUT2D eigenvalue weighted by molar-refractivity contribution is 7.86. The monoisotopic (exact) mass is 367 g/mol. The molecule has 0 aliphatic heterocycles. The van der Waals surface area contributed by atoms with Crippen molar-refractivity contribution in [1.82, 2.24) is 4.98 Å². The Kier molecular flexibility index (Phi) is 10.2. The molecule has 0 aromatic carbocycles. The first-order valence-electron chi connectivity index (χ1n) is 5.58. The number of alkyl halides is 3. The van der Waals surface area contributed by atoms with Crippen molar-refractivity contribution in [3.05, 3.63) is 30.6 Å². The van der Waals surface area contributed by atoms with Gasteiger partial charge in [0.2, 0.25) is 0 Å². The molecule has 2 N–H and O–H groups in total. The van der Waals surface area contributed by atoms with Crippen LogP contribution in [-0.4, -0.2) is 41.7 Å². The Morgan fingerprint density at radius 1 is 1.05 bits per heavy atom. The summed E-state index contributed by atoms with van der Waals surface area (Å²) in [5.74, 6) is 0. The second kappa shape index (κ2) is 9.71. The molecule has 1 aromatic heterocycles. The first-order chi connectivity index (χ1) is 9.73. The molecule has 12 heteroatoms. The topological polar surface area (TPSA) is 122 Å². The SMILES string of the molecule is CCC(C)S(=O)(=O)O.O=S(=O)(O)C(F)(F)F.c1ccncc1. The lowest BCUT2D eigenvalue weighted by molar-refractivity contribution is -0.0510. The molecule has 0 radical (unpaired) electrons. The molecule has 7 nitrogen and oxygen atoms in total. The number of hydrogen-bond acceptors (Lipinski definition) is 5. The molecule has 0 fully saturated rings. The van der Waals surface area contributed by atoms with Crippen molar-refractivity contribution in [3.63, 3.8) is 0 Å². The molecule has 0 aliphatic rings. The molecule has 1 unspecified atom stereocenters. The Morgan fingerprint density at radius 2 is 1.41 bits per heavy atom. The minimum absolute atomic E-state index is 0.457. The normalized spacial score (nSPS) is 13.0. The molecular formula is C10H16F3NO6S2. The minimum Gasteiger partial charge on any atom is -0.285 e. The summed E-state index contributed by atoms with van der Waals surface area (Å²) in [6, 6.07) is 5.72. The van der Waals surface area contributed by atoms with E-state index in [-0.39, 0.29) is 0 Å². The standard InChI is InChI=1S/C5H5N.C4H10O3S.CHF3O3S/c1-2-4-6-5-3-1;1-3-4(2)8(5,6)7;2-1(3,4)8(5,6)7/h1-5H;4H,3H2,1-2H3,(H,5,6,7);(H,5,6,7). The Balaban J connectivity index is 0. The summed E-state index contributed by atoms with van der Waals surface area (Å²) >= 11 is 0. The fourth-order valence-electron chi connectivity index (χ4n) is 0.523. The molecule has 0 saturated carbocycles. The van der Waals surface area contributed by atoms with E-state index in [0.717, 1.165) is 0 Å². The number of rotatable bonds is 2. The van der Waals surface area contributed by atoms with Gasteiger partial charge in [-0.25, -0.2) is 0 Å². The number of aromatic nitrogens is 1. The summed E-state index contributed by atoms with van der Waals surface area (Å²) in [4.78, 5) is 3.78. The van der Waals surface area contributed by atoms with E-state index in [9.17, 15) is 21.6 Å². The first-order valence-corrected chi connectivity index (χ1v) is 8.52. The van der Waals surface area contributed by atoms with Gasteiger partial charge >= 0.3 is 15.6 Å². The third kappa shape index (κ3) is 12.5. The van der Waals surface area contributed by atoms with Crippen LogP contribution in [0.4, 0.5) is 13.2 Å². The van der Waals surface area contributed by atoms with Crippen molar-refractivity contribution >= 4 is 20.2 Å². The maximum absolute atomic E-state index is 10.7. The van der Waals surface area contributed by atoms with Gasteiger partial charge < -0.3 is 0 Å².